The van der Waals surface area contributed by atoms with Gasteiger partial charge in [-0.25, -0.2) is 0 Å². The number of ether oxygens (including phenoxy) is 1. The molecule has 1 heterocycles. The first-order chi connectivity index (χ1) is 13.5. The lowest BCUT2D eigenvalue weighted by molar-refractivity contribution is -0.327. The van der Waals surface area contributed by atoms with Gasteiger partial charge in [-0.2, -0.15) is 0 Å². The second kappa shape index (κ2) is 14.7. The van der Waals surface area contributed by atoms with Crippen LogP contribution in [0.15, 0.2) is 0 Å². The highest BCUT2D eigenvalue weighted by molar-refractivity contribution is 4.97. The Labute approximate surface area is 170 Å². The SMILES string of the molecule is CCCCCCCCCCCCCCCNC1(O)O[C@H](CO)[C@@H](O)[C@H](O)[C@H]1N. The average Bonchev–Trinajstić information content (AvgIpc) is 2.69. The van der Waals surface area contributed by atoms with E-state index in [1.807, 2.05) is 0 Å². The van der Waals surface area contributed by atoms with Gasteiger partial charge < -0.3 is 30.9 Å². The monoisotopic (exact) mass is 404 g/mol. The summed E-state index contributed by atoms with van der Waals surface area (Å²) in [5, 5.41) is 42.2. The van der Waals surface area contributed by atoms with Gasteiger partial charge in [0.2, 0.25) is 5.91 Å². The van der Waals surface area contributed by atoms with E-state index in [0.717, 1.165) is 19.3 Å². The van der Waals surface area contributed by atoms with Crippen molar-refractivity contribution >= 4 is 0 Å². The van der Waals surface area contributed by atoms with Crippen molar-refractivity contribution in [3.8, 4) is 0 Å². The summed E-state index contributed by atoms with van der Waals surface area (Å²) in [6.07, 6.45) is 12.7. The molecule has 5 atom stereocenters. The molecule has 168 valence electrons. The smallest absolute Gasteiger partial charge is 0.244 e. The molecule has 0 aromatic heterocycles. The molecule has 0 bridgehead atoms. The molecule has 7 N–H and O–H groups in total. The third kappa shape index (κ3) is 9.03. The Morgan fingerprint density at radius 3 is 1.75 bits per heavy atom. The average molecular weight is 405 g/mol. The van der Waals surface area contributed by atoms with E-state index in [4.69, 9.17) is 10.5 Å². The summed E-state index contributed by atoms with van der Waals surface area (Å²) < 4.78 is 5.29. The van der Waals surface area contributed by atoms with Crippen molar-refractivity contribution in [2.75, 3.05) is 13.2 Å². The van der Waals surface area contributed by atoms with Crippen LogP contribution in [0.5, 0.6) is 0 Å². The minimum Gasteiger partial charge on any atom is -0.394 e. The number of aliphatic hydroxyl groups excluding tert-OH is 3. The molecule has 0 radical (unpaired) electrons. The molecule has 0 spiro atoms. The maximum absolute atomic E-state index is 10.5. The quantitative estimate of drug-likeness (QED) is 0.171. The topological polar surface area (TPSA) is 128 Å². The third-order valence-corrected chi connectivity index (χ3v) is 5.72. The largest absolute Gasteiger partial charge is 0.394 e. The molecule has 1 rings (SSSR count). The Balaban J connectivity index is 2.02. The van der Waals surface area contributed by atoms with Crippen LogP contribution in [0, 0.1) is 0 Å². The van der Waals surface area contributed by atoms with Crippen LogP contribution in [0.2, 0.25) is 0 Å². The van der Waals surface area contributed by atoms with Crippen molar-refractivity contribution in [1.82, 2.24) is 5.32 Å². The van der Waals surface area contributed by atoms with E-state index in [9.17, 15) is 20.4 Å². The van der Waals surface area contributed by atoms with E-state index in [-0.39, 0.29) is 0 Å². The van der Waals surface area contributed by atoms with Gasteiger partial charge in [0.1, 0.15) is 24.4 Å². The van der Waals surface area contributed by atoms with E-state index in [0.29, 0.717) is 6.54 Å². The van der Waals surface area contributed by atoms with E-state index < -0.39 is 36.9 Å². The van der Waals surface area contributed by atoms with Gasteiger partial charge in [-0.15, -0.1) is 0 Å². The molecule has 1 saturated heterocycles. The first kappa shape index (κ1) is 25.8. The zero-order chi connectivity index (χ0) is 20.8. The summed E-state index contributed by atoms with van der Waals surface area (Å²) in [4.78, 5) is 0. The van der Waals surface area contributed by atoms with Gasteiger partial charge in [0.25, 0.3) is 0 Å². The lowest BCUT2D eigenvalue weighted by Gasteiger charge is -2.46. The number of hydrogen-bond donors (Lipinski definition) is 6. The fourth-order valence-electron chi connectivity index (χ4n) is 3.76. The van der Waals surface area contributed by atoms with Gasteiger partial charge in [0, 0.05) is 6.54 Å². The summed E-state index contributed by atoms with van der Waals surface area (Å²) in [7, 11) is 0. The predicted octanol–water partition coefficient (Wildman–Crippen LogP) is 1.75. The number of hydrogen-bond acceptors (Lipinski definition) is 7. The Kier molecular flexibility index (Phi) is 13.5. The summed E-state index contributed by atoms with van der Waals surface area (Å²) >= 11 is 0. The van der Waals surface area contributed by atoms with E-state index in [1.165, 1.54) is 64.2 Å². The number of aliphatic hydroxyl groups is 4. The van der Waals surface area contributed by atoms with Gasteiger partial charge >= 0.3 is 0 Å². The minimum atomic E-state index is -1.94. The highest BCUT2D eigenvalue weighted by Crippen LogP contribution is 2.25. The summed E-state index contributed by atoms with van der Waals surface area (Å²) in [5.41, 5.74) is 5.79. The van der Waals surface area contributed by atoms with Crippen LogP contribution >= 0.6 is 0 Å². The Hall–Kier alpha value is -0.280. The van der Waals surface area contributed by atoms with Crippen LogP contribution in [0.25, 0.3) is 0 Å². The summed E-state index contributed by atoms with van der Waals surface area (Å²) in [5.74, 6) is -1.94. The van der Waals surface area contributed by atoms with Crippen LogP contribution in [0.1, 0.15) is 90.4 Å². The summed E-state index contributed by atoms with van der Waals surface area (Å²) in [6.45, 7) is 2.23. The molecule has 0 aliphatic carbocycles. The van der Waals surface area contributed by atoms with Crippen LogP contribution < -0.4 is 11.1 Å². The molecule has 0 saturated carbocycles. The first-order valence-electron chi connectivity index (χ1n) is 11.3. The molecule has 0 aromatic rings. The van der Waals surface area contributed by atoms with Gasteiger partial charge in [0.15, 0.2) is 0 Å². The van der Waals surface area contributed by atoms with Crippen molar-refractivity contribution in [1.29, 1.82) is 0 Å². The number of nitrogens with one attached hydrogen (secondary N) is 1. The zero-order valence-corrected chi connectivity index (χ0v) is 17.7. The number of rotatable bonds is 16. The highest BCUT2D eigenvalue weighted by atomic mass is 16.7. The van der Waals surface area contributed by atoms with Crippen LogP contribution in [0.4, 0.5) is 0 Å². The normalized spacial score (nSPS) is 30.6. The van der Waals surface area contributed by atoms with Gasteiger partial charge in [0.05, 0.1) is 6.61 Å². The lowest BCUT2D eigenvalue weighted by Crippen LogP contribution is -2.73. The van der Waals surface area contributed by atoms with Crippen molar-refractivity contribution in [2.45, 2.75) is 121 Å². The molecule has 1 aliphatic heterocycles. The van der Waals surface area contributed by atoms with Crippen molar-refractivity contribution in [2.24, 2.45) is 5.73 Å². The van der Waals surface area contributed by atoms with Gasteiger partial charge in [-0.1, -0.05) is 84.0 Å². The molecular formula is C21H44N2O5. The standard InChI is InChI=1S/C21H44N2O5/c1-2-3-4-5-6-7-8-9-10-11-12-13-14-15-23-21(27)20(22)19(26)18(25)17(16-24)28-21/h17-20,23-27H,2-16,22H2,1H3/t17-,18-,19+,20-,21?/m1/s1. The zero-order valence-electron chi connectivity index (χ0n) is 17.7. The molecular weight excluding hydrogens is 360 g/mol. The molecule has 7 nitrogen and oxygen atoms in total. The van der Waals surface area contributed by atoms with E-state index >= 15 is 0 Å². The fraction of sp³-hybridized carbons (Fsp3) is 1.00. The Morgan fingerprint density at radius 1 is 0.821 bits per heavy atom. The predicted molar refractivity (Wildman–Crippen MR) is 111 cm³/mol. The molecule has 0 amide bonds. The lowest BCUT2D eigenvalue weighted by atomic mass is 9.95. The minimum absolute atomic E-state index is 0.489. The first-order valence-corrected chi connectivity index (χ1v) is 11.3. The van der Waals surface area contributed by atoms with Gasteiger partial charge in [-0.05, 0) is 6.42 Å². The number of unbranched alkanes of at least 4 members (excludes halogenated alkanes) is 12. The molecule has 0 aromatic carbocycles. The highest BCUT2D eigenvalue weighted by Gasteiger charge is 2.51. The number of nitrogens with two attached hydrogens (primary N) is 1. The maximum Gasteiger partial charge on any atom is 0.244 e. The third-order valence-electron chi connectivity index (χ3n) is 5.72. The Morgan fingerprint density at radius 2 is 1.29 bits per heavy atom. The second-order valence-corrected chi connectivity index (χ2v) is 8.21. The second-order valence-electron chi connectivity index (χ2n) is 8.21. The molecule has 7 heteroatoms. The van der Waals surface area contributed by atoms with E-state index in [1.54, 1.807) is 0 Å². The van der Waals surface area contributed by atoms with Crippen LogP contribution in [0.3, 0.4) is 0 Å². The molecule has 1 fully saturated rings. The Bertz CT molecular complexity index is 386. The molecule has 28 heavy (non-hydrogen) atoms. The van der Waals surface area contributed by atoms with E-state index in [2.05, 4.69) is 12.2 Å². The molecule has 1 unspecified atom stereocenters. The van der Waals surface area contributed by atoms with Crippen LogP contribution in [-0.2, 0) is 4.74 Å². The van der Waals surface area contributed by atoms with Crippen molar-refractivity contribution in [3.63, 3.8) is 0 Å². The van der Waals surface area contributed by atoms with Crippen molar-refractivity contribution in [3.05, 3.63) is 0 Å². The summed E-state index contributed by atoms with van der Waals surface area (Å²) in [6, 6.07) is -1.19. The maximum atomic E-state index is 10.5. The van der Waals surface area contributed by atoms with Gasteiger partial charge in [-0.3, -0.25) is 5.32 Å². The molecule has 1 aliphatic rings. The van der Waals surface area contributed by atoms with Crippen molar-refractivity contribution < 1.29 is 25.2 Å². The fourth-order valence-corrected chi connectivity index (χ4v) is 3.76. The van der Waals surface area contributed by atoms with Crippen LogP contribution in [-0.4, -0.2) is 63.8 Å².